The molecule has 4 atom stereocenters. The van der Waals surface area contributed by atoms with E-state index in [0.29, 0.717) is 5.66 Å². The molecule has 1 aliphatic rings. The summed E-state index contributed by atoms with van der Waals surface area (Å²) >= 11 is 3.51. The molecule has 2 nitrogen and oxygen atoms in total. The van der Waals surface area contributed by atoms with Crippen LogP contribution in [0, 0.1) is 18.3 Å². The average molecular weight is 367 g/mol. The van der Waals surface area contributed by atoms with Gasteiger partial charge in [-0.25, -0.2) is 0 Å². The fourth-order valence-electron chi connectivity index (χ4n) is 3.19. The van der Waals surface area contributed by atoms with Gasteiger partial charge in [-0.15, -0.1) is 0 Å². The van der Waals surface area contributed by atoms with Gasteiger partial charge >= 0.3 is 135 Å². The number of carbonyl (C=O) groups is 1. The zero-order chi connectivity index (χ0) is 15.7. The molecule has 21 heavy (non-hydrogen) atoms. The van der Waals surface area contributed by atoms with Crippen molar-refractivity contribution in [1.82, 2.24) is 0 Å². The van der Waals surface area contributed by atoms with Crippen molar-refractivity contribution < 1.29 is 9.53 Å². The summed E-state index contributed by atoms with van der Waals surface area (Å²) in [7, 11) is 0. The Morgan fingerprint density at radius 3 is 2.57 bits per heavy atom. The van der Waals surface area contributed by atoms with Gasteiger partial charge in [-0.3, -0.25) is 0 Å². The number of esters is 1. The number of terminal acetylenes is 1. The van der Waals surface area contributed by atoms with Gasteiger partial charge in [0.2, 0.25) is 0 Å². The zero-order valence-corrected chi connectivity index (χ0v) is 15.3. The van der Waals surface area contributed by atoms with Crippen LogP contribution in [0.3, 0.4) is 0 Å². The number of rotatable bonds is 2. The zero-order valence-electron chi connectivity index (χ0n) is 12.7. The van der Waals surface area contributed by atoms with Crippen LogP contribution in [0.1, 0.15) is 27.2 Å². The molecule has 0 aromatic heterocycles. The van der Waals surface area contributed by atoms with E-state index in [4.69, 9.17) is 11.2 Å². The van der Waals surface area contributed by atoms with Crippen molar-refractivity contribution >= 4 is 31.9 Å². The first-order valence-corrected chi connectivity index (χ1v) is 11.4. The van der Waals surface area contributed by atoms with Crippen LogP contribution in [0.5, 0.6) is 0 Å². The van der Waals surface area contributed by atoms with E-state index in [-0.39, 0.29) is 11.9 Å². The number of carbonyl (C=O) groups excluding carboxylic acids is 1. The summed E-state index contributed by atoms with van der Waals surface area (Å²) in [5, 5.41) is 1.39. The Bertz CT molecular complexity index is 619. The van der Waals surface area contributed by atoms with Crippen LogP contribution in [0.4, 0.5) is 0 Å². The van der Waals surface area contributed by atoms with Crippen LogP contribution in [-0.2, 0) is 9.53 Å². The third kappa shape index (κ3) is 3.04. The summed E-state index contributed by atoms with van der Waals surface area (Å²) in [6.45, 7) is 5.76. The Morgan fingerprint density at radius 2 is 2.05 bits per heavy atom. The van der Waals surface area contributed by atoms with Crippen molar-refractivity contribution in [3.8, 4) is 12.3 Å². The first-order chi connectivity index (χ1) is 9.84. The predicted molar refractivity (Wildman–Crippen MR) is 90.2 cm³/mol. The van der Waals surface area contributed by atoms with Crippen LogP contribution < -0.4 is 5.30 Å². The fraction of sp³-hybridized carbons (Fsp3) is 0.471. The standard InChI is InChI=1S/C17H21O2PSe/c1-5-17(19-15(4)18)11-14(3)20(21,12-13(17)2)16-9-7-6-8-10-16/h1,6-10,13-14H,11-12H2,2-4H3/t13-,14+,17-,20+/m0/s1. The van der Waals surface area contributed by atoms with E-state index in [1.54, 1.807) is 0 Å². The summed E-state index contributed by atoms with van der Waals surface area (Å²) in [5.41, 5.74) is -1.77. The van der Waals surface area contributed by atoms with E-state index >= 15 is 0 Å². The third-order valence-electron chi connectivity index (χ3n) is 4.42. The van der Waals surface area contributed by atoms with E-state index in [0.717, 1.165) is 12.6 Å². The maximum absolute atomic E-state index is 11.4. The van der Waals surface area contributed by atoms with Crippen molar-refractivity contribution in [1.29, 1.82) is 0 Å². The molecule has 0 N–H and O–H groups in total. The predicted octanol–water partition coefficient (Wildman–Crippen LogP) is 2.78. The molecule has 1 fully saturated rings. The van der Waals surface area contributed by atoms with Gasteiger partial charge in [0.1, 0.15) is 0 Å². The van der Waals surface area contributed by atoms with Gasteiger partial charge in [-0.05, 0) is 0 Å². The van der Waals surface area contributed by atoms with Gasteiger partial charge in [0.15, 0.2) is 0 Å². The number of benzene rings is 1. The SMILES string of the molecule is C#C[C@]1(OC(C)=O)C[C@@H](C)[P@@](=[Se])(c2ccccc2)C[C@@H]1C. The average Bonchev–Trinajstić information content (AvgIpc) is 2.45. The molecule has 0 unspecified atom stereocenters. The van der Waals surface area contributed by atoms with Crippen molar-refractivity contribution in [2.45, 2.75) is 38.5 Å². The van der Waals surface area contributed by atoms with Gasteiger partial charge in [0, 0.05) is 0 Å². The Kier molecular flexibility index (Phi) is 4.84. The Labute approximate surface area is 134 Å². The normalized spacial score (nSPS) is 35.7. The molecule has 0 spiro atoms. The molecule has 1 aliphatic heterocycles. The Morgan fingerprint density at radius 1 is 1.43 bits per heavy atom. The van der Waals surface area contributed by atoms with Crippen molar-refractivity contribution in [3.05, 3.63) is 30.3 Å². The number of hydrogen-bond acceptors (Lipinski definition) is 2. The van der Waals surface area contributed by atoms with E-state index in [1.165, 1.54) is 12.2 Å². The Hall–Kier alpha value is -0.801. The first kappa shape index (κ1) is 16.6. The van der Waals surface area contributed by atoms with Crippen LogP contribution in [0.25, 0.3) is 0 Å². The molecule has 0 saturated carbocycles. The van der Waals surface area contributed by atoms with Gasteiger partial charge in [0.05, 0.1) is 0 Å². The van der Waals surface area contributed by atoms with Gasteiger partial charge < -0.3 is 0 Å². The topological polar surface area (TPSA) is 26.3 Å². The van der Waals surface area contributed by atoms with Crippen LogP contribution >= 0.6 is 5.51 Å². The summed E-state index contributed by atoms with van der Waals surface area (Å²) in [5.74, 6) is 2.64. The molecule has 2 rings (SSSR count). The van der Waals surface area contributed by atoms with E-state index < -0.39 is 11.1 Å². The van der Waals surface area contributed by atoms with Gasteiger partial charge in [-0.1, -0.05) is 0 Å². The van der Waals surface area contributed by atoms with Crippen molar-refractivity contribution in [3.63, 3.8) is 0 Å². The minimum atomic E-state index is -1.41. The second-order valence-electron chi connectivity index (χ2n) is 5.90. The van der Waals surface area contributed by atoms with E-state index in [9.17, 15) is 4.79 Å². The summed E-state index contributed by atoms with van der Waals surface area (Å²) in [6, 6.07) is 10.6. The van der Waals surface area contributed by atoms with Gasteiger partial charge in [-0.2, -0.15) is 0 Å². The van der Waals surface area contributed by atoms with Crippen LogP contribution in [0.2, 0.25) is 0 Å². The second-order valence-corrected chi connectivity index (χ2v) is 13.4. The summed E-state index contributed by atoms with van der Waals surface area (Å²) in [4.78, 5) is 11.4. The molecular weight excluding hydrogens is 346 g/mol. The molecule has 1 heterocycles. The van der Waals surface area contributed by atoms with Crippen molar-refractivity contribution in [2.75, 3.05) is 6.16 Å². The molecule has 0 aliphatic carbocycles. The number of hydrogen-bond donors (Lipinski definition) is 0. The molecule has 1 aromatic carbocycles. The molecular formula is C17H21O2PSe. The number of ether oxygens (including phenoxy) is 1. The monoisotopic (exact) mass is 368 g/mol. The molecule has 0 bridgehead atoms. The molecule has 1 aromatic rings. The summed E-state index contributed by atoms with van der Waals surface area (Å²) in [6.07, 6.45) is 7.43. The Balaban J connectivity index is 2.37. The maximum atomic E-state index is 11.4. The molecule has 4 heteroatoms. The molecule has 112 valence electrons. The van der Waals surface area contributed by atoms with Crippen LogP contribution in [0.15, 0.2) is 30.3 Å². The third-order valence-corrected chi connectivity index (χ3v) is 12.8. The molecule has 1 saturated heterocycles. The fourth-order valence-corrected chi connectivity index (χ4v) is 9.27. The van der Waals surface area contributed by atoms with E-state index in [2.05, 4.69) is 59.1 Å². The van der Waals surface area contributed by atoms with Gasteiger partial charge in [0.25, 0.3) is 0 Å². The minimum absolute atomic E-state index is 0.150. The van der Waals surface area contributed by atoms with Crippen LogP contribution in [-0.4, -0.2) is 38.5 Å². The second kappa shape index (κ2) is 6.13. The quantitative estimate of drug-likeness (QED) is 0.348. The van der Waals surface area contributed by atoms with Crippen molar-refractivity contribution in [2.24, 2.45) is 5.92 Å². The molecule has 0 radical (unpaired) electrons. The van der Waals surface area contributed by atoms with E-state index in [1.807, 2.05) is 6.07 Å². The molecule has 0 amide bonds. The summed E-state index contributed by atoms with van der Waals surface area (Å²) < 4.78 is 5.57. The first-order valence-electron chi connectivity index (χ1n) is 7.16.